The van der Waals surface area contributed by atoms with E-state index in [1.807, 2.05) is 0 Å². The van der Waals surface area contributed by atoms with Crippen molar-refractivity contribution in [2.24, 2.45) is 10.3 Å². The molecule has 9 nitrogen and oxygen atoms in total. The van der Waals surface area contributed by atoms with E-state index < -0.39 is 21.0 Å². The molecule has 0 heterocycles. The van der Waals surface area contributed by atoms with Crippen LogP contribution in [0.25, 0.3) is 0 Å². The molecule has 1 aromatic carbocycles. The number of hydrogen-bond acceptors (Lipinski definition) is 6. The van der Waals surface area contributed by atoms with Crippen LogP contribution in [0.5, 0.6) is 5.75 Å². The van der Waals surface area contributed by atoms with Gasteiger partial charge in [0.25, 0.3) is 10.1 Å². The zero-order valence-corrected chi connectivity index (χ0v) is 11.5. The number of carbonyl (C=O) groups is 1. The first-order chi connectivity index (χ1) is 9.24. The van der Waals surface area contributed by atoms with Crippen LogP contribution < -0.4 is 4.74 Å². The smallest absolute Gasteiger partial charge is 0.324 e. The average molecular weight is 303 g/mol. The van der Waals surface area contributed by atoms with E-state index in [9.17, 15) is 13.2 Å². The Kier molecular flexibility index (Phi) is 5.00. The normalized spacial score (nSPS) is 11.6. The summed E-state index contributed by atoms with van der Waals surface area (Å²) in [6.07, 6.45) is 0. The summed E-state index contributed by atoms with van der Waals surface area (Å²) in [6, 6.07) is 3.77. The molecule has 0 aliphatic heterocycles. The number of aliphatic carboxylic acids is 1. The number of nitrogens with zero attached hydrogens (tertiary/aromatic N) is 3. The molecular weight excluding hydrogens is 290 g/mol. The summed E-state index contributed by atoms with van der Waals surface area (Å²) in [5, 5.41) is 16.8. The van der Waals surface area contributed by atoms with Gasteiger partial charge in [-0.05, 0) is 18.2 Å². The van der Waals surface area contributed by atoms with Crippen LogP contribution in [-0.4, -0.2) is 49.8 Å². The second-order valence-electron chi connectivity index (χ2n) is 3.71. The molecule has 0 spiro atoms. The number of ether oxygens (including phenoxy) is 1. The van der Waals surface area contributed by atoms with Crippen molar-refractivity contribution in [3.05, 3.63) is 18.2 Å². The number of carboxylic acid groups (broad SMARTS) is 1. The van der Waals surface area contributed by atoms with Crippen LogP contribution in [-0.2, 0) is 14.9 Å². The first-order valence-electron chi connectivity index (χ1n) is 5.24. The SMILES string of the molecule is COc1ccc(N=NN(C)CC(=O)O)cc1S(=O)(=O)O. The molecule has 0 bridgehead atoms. The second-order valence-corrected chi connectivity index (χ2v) is 5.10. The molecule has 0 aliphatic carbocycles. The van der Waals surface area contributed by atoms with Gasteiger partial charge in [-0.15, -0.1) is 5.11 Å². The highest BCUT2D eigenvalue weighted by Crippen LogP contribution is 2.28. The van der Waals surface area contributed by atoms with Crippen LogP contribution in [0.2, 0.25) is 0 Å². The van der Waals surface area contributed by atoms with Crippen molar-refractivity contribution >= 4 is 21.8 Å². The highest BCUT2D eigenvalue weighted by atomic mass is 32.2. The summed E-state index contributed by atoms with van der Waals surface area (Å²) in [6.45, 7) is -0.356. The van der Waals surface area contributed by atoms with Crippen LogP contribution in [0.15, 0.2) is 33.4 Å². The first kappa shape index (κ1) is 15.9. The van der Waals surface area contributed by atoms with Crippen molar-refractivity contribution in [2.45, 2.75) is 4.90 Å². The summed E-state index contributed by atoms with van der Waals surface area (Å²) < 4.78 is 36.2. The van der Waals surface area contributed by atoms with Crippen molar-refractivity contribution in [3.8, 4) is 5.75 Å². The van der Waals surface area contributed by atoms with E-state index in [0.29, 0.717) is 0 Å². The third-order valence-corrected chi connectivity index (χ3v) is 2.98. The molecule has 1 rings (SSSR count). The number of methoxy groups -OCH3 is 1. The summed E-state index contributed by atoms with van der Waals surface area (Å²) in [5.41, 5.74) is 0.121. The maximum Gasteiger partial charge on any atom is 0.324 e. The lowest BCUT2D eigenvalue weighted by Gasteiger charge is -2.08. The van der Waals surface area contributed by atoms with Gasteiger partial charge < -0.3 is 9.84 Å². The Labute approximate surface area is 115 Å². The molecule has 0 amide bonds. The van der Waals surface area contributed by atoms with E-state index in [1.165, 1.54) is 26.3 Å². The van der Waals surface area contributed by atoms with E-state index in [2.05, 4.69) is 10.3 Å². The molecule has 0 saturated heterocycles. The quantitative estimate of drug-likeness (QED) is 0.455. The molecule has 0 fully saturated rings. The summed E-state index contributed by atoms with van der Waals surface area (Å²) in [4.78, 5) is 9.97. The third-order valence-electron chi connectivity index (χ3n) is 2.10. The highest BCUT2D eigenvalue weighted by molar-refractivity contribution is 7.86. The minimum absolute atomic E-state index is 0.0367. The average Bonchev–Trinajstić information content (AvgIpc) is 2.34. The molecule has 0 radical (unpaired) electrons. The fourth-order valence-electron chi connectivity index (χ4n) is 1.28. The number of rotatable bonds is 6. The van der Waals surface area contributed by atoms with Gasteiger partial charge in [-0.25, -0.2) is 0 Å². The maximum atomic E-state index is 11.2. The number of benzene rings is 1. The van der Waals surface area contributed by atoms with Gasteiger partial charge in [-0.3, -0.25) is 14.4 Å². The maximum absolute atomic E-state index is 11.2. The van der Waals surface area contributed by atoms with Crippen LogP contribution >= 0.6 is 0 Å². The molecule has 2 N–H and O–H groups in total. The monoisotopic (exact) mass is 303 g/mol. The zero-order valence-electron chi connectivity index (χ0n) is 10.7. The van der Waals surface area contributed by atoms with Crippen molar-refractivity contribution in [1.82, 2.24) is 5.01 Å². The molecule has 0 aliphatic rings. The van der Waals surface area contributed by atoms with E-state index >= 15 is 0 Å². The molecule has 0 aromatic heterocycles. The lowest BCUT2D eigenvalue weighted by atomic mass is 10.3. The molecular formula is C10H13N3O6S. The predicted octanol–water partition coefficient (Wildman–Crippen LogP) is 0.957. The molecule has 0 atom stereocenters. The highest BCUT2D eigenvalue weighted by Gasteiger charge is 2.17. The molecule has 10 heteroatoms. The van der Waals surface area contributed by atoms with Gasteiger partial charge in [-0.2, -0.15) is 8.42 Å². The minimum atomic E-state index is -4.46. The summed E-state index contributed by atoms with van der Waals surface area (Å²) in [7, 11) is -1.81. The molecule has 1 aromatic rings. The summed E-state index contributed by atoms with van der Waals surface area (Å²) >= 11 is 0. The van der Waals surface area contributed by atoms with Gasteiger partial charge in [0.05, 0.1) is 12.8 Å². The lowest BCUT2D eigenvalue weighted by molar-refractivity contribution is -0.138. The second kappa shape index (κ2) is 6.30. The fourth-order valence-corrected chi connectivity index (χ4v) is 1.96. The summed E-state index contributed by atoms with van der Waals surface area (Å²) in [5.74, 6) is -1.12. The Balaban J connectivity index is 3.04. The Morgan fingerprint density at radius 3 is 2.60 bits per heavy atom. The third kappa shape index (κ3) is 4.48. The largest absolute Gasteiger partial charge is 0.495 e. The Hall–Kier alpha value is -2.20. The number of hydrogen-bond donors (Lipinski definition) is 2. The van der Waals surface area contributed by atoms with Gasteiger partial charge in [-0.1, -0.05) is 5.22 Å². The van der Waals surface area contributed by atoms with Gasteiger partial charge in [0.1, 0.15) is 17.2 Å². The molecule has 20 heavy (non-hydrogen) atoms. The Morgan fingerprint density at radius 2 is 2.10 bits per heavy atom. The number of likely N-dealkylation sites (N-methyl/N-ethyl adjacent to an activating group) is 1. The minimum Gasteiger partial charge on any atom is -0.495 e. The first-order valence-corrected chi connectivity index (χ1v) is 6.68. The molecule has 0 unspecified atom stereocenters. The van der Waals surface area contributed by atoms with Crippen molar-refractivity contribution in [2.75, 3.05) is 20.7 Å². The molecule has 0 saturated carbocycles. The topological polar surface area (TPSA) is 129 Å². The van der Waals surface area contributed by atoms with Crippen molar-refractivity contribution in [1.29, 1.82) is 0 Å². The van der Waals surface area contributed by atoms with E-state index in [4.69, 9.17) is 14.4 Å². The van der Waals surface area contributed by atoms with E-state index in [1.54, 1.807) is 0 Å². The number of carboxylic acids is 1. The predicted molar refractivity (Wildman–Crippen MR) is 67.6 cm³/mol. The van der Waals surface area contributed by atoms with Crippen molar-refractivity contribution in [3.63, 3.8) is 0 Å². The van der Waals surface area contributed by atoms with Gasteiger partial charge >= 0.3 is 5.97 Å². The van der Waals surface area contributed by atoms with E-state index in [-0.39, 0.29) is 18.0 Å². The van der Waals surface area contributed by atoms with Crippen LogP contribution in [0.3, 0.4) is 0 Å². The van der Waals surface area contributed by atoms with Crippen LogP contribution in [0, 0.1) is 0 Å². The van der Waals surface area contributed by atoms with Gasteiger partial charge in [0, 0.05) is 7.05 Å². The molecule has 110 valence electrons. The van der Waals surface area contributed by atoms with Gasteiger partial charge in [0.2, 0.25) is 0 Å². The zero-order chi connectivity index (χ0) is 15.3. The lowest BCUT2D eigenvalue weighted by Crippen LogP contribution is -2.19. The van der Waals surface area contributed by atoms with E-state index in [0.717, 1.165) is 11.1 Å². The van der Waals surface area contributed by atoms with Crippen LogP contribution in [0.1, 0.15) is 0 Å². The Bertz CT molecular complexity index is 628. The Morgan fingerprint density at radius 1 is 1.45 bits per heavy atom. The van der Waals surface area contributed by atoms with Crippen molar-refractivity contribution < 1.29 is 27.6 Å². The standard InChI is InChI=1S/C10H13N3O6S/c1-13(6-10(14)15)12-11-7-3-4-8(19-2)9(5-7)20(16,17)18/h3-5H,6H2,1-2H3,(H,14,15)(H,16,17,18). The van der Waals surface area contributed by atoms with Gasteiger partial charge in [0.15, 0.2) is 0 Å². The fraction of sp³-hybridized carbons (Fsp3) is 0.300. The van der Waals surface area contributed by atoms with Crippen LogP contribution in [0.4, 0.5) is 5.69 Å².